The normalized spacial score (nSPS) is 12.2. The summed E-state index contributed by atoms with van der Waals surface area (Å²) < 4.78 is 5.62. The summed E-state index contributed by atoms with van der Waals surface area (Å²) in [5.41, 5.74) is 1.00. The highest BCUT2D eigenvalue weighted by Crippen LogP contribution is 2.13. The fourth-order valence-corrected chi connectivity index (χ4v) is 1.90. The second-order valence-electron chi connectivity index (χ2n) is 5.79. The van der Waals surface area contributed by atoms with Gasteiger partial charge >= 0.3 is 0 Å². The van der Waals surface area contributed by atoms with Gasteiger partial charge in [-0.05, 0) is 37.1 Å². The van der Waals surface area contributed by atoms with Crippen molar-refractivity contribution in [2.45, 2.75) is 40.2 Å². The Balaban J connectivity index is 2.35. The van der Waals surface area contributed by atoms with Crippen molar-refractivity contribution < 1.29 is 9.53 Å². The van der Waals surface area contributed by atoms with Crippen LogP contribution in [0.2, 0.25) is 0 Å². The Morgan fingerprint density at radius 1 is 1.19 bits per heavy atom. The zero-order valence-corrected chi connectivity index (χ0v) is 13.6. The maximum absolute atomic E-state index is 11.9. The molecule has 2 N–H and O–H groups in total. The highest BCUT2D eigenvalue weighted by Gasteiger charge is 2.06. The quantitative estimate of drug-likeness (QED) is 0.735. The summed E-state index contributed by atoms with van der Waals surface area (Å²) in [5, 5.41) is 6.20. The lowest BCUT2D eigenvalue weighted by Gasteiger charge is -2.13. The molecule has 0 fully saturated rings. The van der Waals surface area contributed by atoms with E-state index in [-0.39, 0.29) is 5.91 Å². The molecule has 0 aliphatic carbocycles. The SMILES string of the molecule is CCN[C@H](C)CNC(=O)Cc1ccc(OCC(C)C)cc1. The third kappa shape index (κ3) is 7.71. The molecule has 1 aromatic carbocycles. The average molecular weight is 292 g/mol. The van der Waals surface area contributed by atoms with E-state index < -0.39 is 0 Å². The van der Waals surface area contributed by atoms with Gasteiger partial charge in [-0.15, -0.1) is 0 Å². The maximum Gasteiger partial charge on any atom is 0.224 e. The number of hydrogen-bond acceptors (Lipinski definition) is 3. The third-order valence-electron chi connectivity index (χ3n) is 3.03. The van der Waals surface area contributed by atoms with Crippen LogP contribution in [0.5, 0.6) is 5.75 Å². The molecule has 0 heterocycles. The Morgan fingerprint density at radius 3 is 2.43 bits per heavy atom. The number of ether oxygens (including phenoxy) is 1. The molecule has 0 aliphatic rings. The van der Waals surface area contributed by atoms with Crippen molar-refractivity contribution in [1.82, 2.24) is 10.6 Å². The van der Waals surface area contributed by atoms with Crippen molar-refractivity contribution in [2.75, 3.05) is 19.7 Å². The van der Waals surface area contributed by atoms with Crippen LogP contribution in [0.4, 0.5) is 0 Å². The van der Waals surface area contributed by atoms with Crippen LogP contribution in [-0.4, -0.2) is 31.6 Å². The van der Waals surface area contributed by atoms with Gasteiger partial charge in [0.1, 0.15) is 5.75 Å². The number of hydrogen-bond donors (Lipinski definition) is 2. The number of amides is 1. The molecule has 0 radical (unpaired) electrons. The first-order valence-electron chi connectivity index (χ1n) is 7.73. The largest absolute Gasteiger partial charge is 0.493 e. The summed E-state index contributed by atoms with van der Waals surface area (Å²) in [6.45, 7) is 10.6. The number of benzene rings is 1. The molecular formula is C17H28N2O2. The van der Waals surface area contributed by atoms with E-state index >= 15 is 0 Å². The first-order valence-corrected chi connectivity index (χ1v) is 7.73. The Labute approximate surface area is 128 Å². The molecule has 21 heavy (non-hydrogen) atoms. The molecule has 0 aliphatic heterocycles. The van der Waals surface area contributed by atoms with Gasteiger partial charge in [0.2, 0.25) is 5.91 Å². The second kappa shape index (κ2) is 9.40. The molecule has 4 heteroatoms. The second-order valence-corrected chi connectivity index (χ2v) is 5.79. The first kappa shape index (κ1) is 17.5. The molecule has 4 nitrogen and oxygen atoms in total. The van der Waals surface area contributed by atoms with Gasteiger partial charge < -0.3 is 15.4 Å². The Kier molecular flexibility index (Phi) is 7.83. The summed E-state index contributed by atoms with van der Waals surface area (Å²) in [5.74, 6) is 1.42. The lowest BCUT2D eigenvalue weighted by Crippen LogP contribution is -2.39. The minimum atomic E-state index is 0.0515. The lowest BCUT2D eigenvalue weighted by atomic mass is 10.1. The van der Waals surface area contributed by atoms with E-state index in [0.29, 0.717) is 31.5 Å². The monoisotopic (exact) mass is 292 g/mol. The van der Waals surface area contributed by atoms with Crippen molar-refractivity contribution in [3.05, 3.63) is 29.8 Å². The van der Waals surface area contributed by atoms with Crippen molar-refractivity contribution in [3.63, 3.8) is 0 Å². The number of carbonyl (C=O) groups excluding carboxylic acids is 1. The molecule has 0 aromatic heterocycles. The molecular weight excluding hydrogens is 264 g/mol. The summed E-state index contributed by atoms with van der Waals surface area (Å²) in [6, 6.07) is 8.04. The third-order valence-corrected chi connectivity index (χ3v) is 3.03. The summed E-state index contributed by atoms with van der Waals surface area (Å²) in [7, 11) is 0. The molecule has 1 amide bonds. The first-order chi connectivity index (χ1) is 10.0. The fraction of sp³-hybridized carbons (Fsp3) is 0.588. The van der Waals surface area contributed by atoms with Gasteiger partial charge in [0.25, 0.3) is 0 Å². The molecule has 0 saturated heterocycles. The van der Waals surface area contributed by atoms with Gasteiger partial charge in [-0.2, -0.15) is 0 Å². The zero-order valence-electron chi connectivity index (χ0n) is 13.6. The number of likely N-dealkylation sites (N-methyl/N-ethyl adjacent to an activating group) is 1. The average Bonchev–Trinajstić information content (AvgIpc) is 2.45. The highest BCUT2D eigenvalue weighted by atomic mass is 16.5. The standard InChI is InChI=1S/C17H28N2O2/c1-5-18-14(4)11-19-17(20)10-15-6-8-16(9-7-15)21-12-13(2)3/h6-9,13-14,18H,5,10-12H2,1-4H3,(H,19,20)/t14-/m1/s1. The minimum Gasteiger partial charge on any atom is -0.493 e. The van der Waals surface area contributed by atoms with E-state index in [2.05, 4.69) is 38.3 Å². The number of nitrogens with one attached hydrogen (secondary N) is 2. The number of rotatable bonds is 9. The van der Waals surface area contributed by atoms with Gasteiger partial charge in [0.15, 0.2) is 0 Å². The molecule has 0 bridgehead atoms. The van der Waals surface area contributed by atoms with E-state index in [1.54, 1.807) is 0 Å². The zero-order chi connectivity index (χ0) is 15.7. The van der Waals surface area contributed by atoms with Crippen LogP contribution in [0.25, 0.3) is 0 Å². The number of carbonyl (C=O) groups is 1. The molecule has 1 aromatic rings. The fourth-order valence-electron chi connectivity index (χ4n) is 1.90. The predicted molar refractivity (Wildman–Crippen MR) is 86.6 cm³/mol. The lowest BCUT2D eigenvalue weighted by molar-refractivity contribution is -0.120. The van der Waals surface area contributed by atoms with Crippen LogP contribution in [0.15, 0.2) is 24.3 Å². The van der Waals surface area contributed by atoms with E-state index in [0.717, 1.165) is 17.9 Å². The Morgan fingerprint density at radius 2 is 1.86 bits per heavy atom. The van der Waals surface area contributed by atoms with E-state index in [1.165, 1.54) is 0 Å². The van der Waals surface area contributed by atoms with Crippen LogP contribution in [0.1, 0.15) is 33.3 Å². The van der Waals surface area contributed by atoms with E-state index in [1.807, 2.05) is 24.3 Å². The van der Waals surface area contributed by atoms with Gasteiger partial charge in [-0.3, -0.25) is 4.79 Å². The summed E-state index contributed by atoms with van der Waals surface area (Å²) in [4.78, 5) is 11.9. The molecule has 0 unspecified atom stereocenters. The van der Waals surface area contributed by atoms with E-state index in [4.69, 9.17) is 4.74 Å². The smallest absolute Gasteiger partial charge is 0.224 e. The van der Waals surface area contributed by atoms with Gasteiger partial charge in [0.05, 0.1) is 13.0 Å². The van der Waals surface area contributed by atoms with Crippen LogP contribution >= 0.6 is 0 Å². The molecule has 0 saturated carbocycles. The van der Waals surface area contributed by atoms with Gasteiger partial charge in [-0.1, -0.05) is 32.9 Å². The van der Waals surface area contributed by atoms with Gasteiger partial charge in [-0.25, -0.2) is 0 Å². The Bertz CT molecular complexity index is 415. The Hall–Kier alpha value is -1.55. The summed E-state index contributed by atoms with van der Waals surface area (Å²) >= 11 is 0. The predicted octanol–water partition coefficient (Wildman–Crippen LogP) is 2.38. The topological polar surface area (TPSA) is 50.4 Å². The van der Waals surface area contributed by atoms with Crippen molar-refractivity contribution in [1.29, 1.82) is 0 Å². The van der Waals surface area contributed by atoms with E-state index in [9.17, 15) is 4.79 Å². The molecule has 1 atom stereocenters. The van der Waals surface area contributed by atoms with Crippen LogP contribution in [-0.2, 0) is 11.2 Å². The van der Waals surface area contributed by atoms with Crippen LogP contribution < -0.4 is 15.4 Å². The highest BCUT2D eigenvalue weighted by molar-refractivity contribution is 5.78. The van der Waals surface area contributed by atoms with Crippen molar-refractivity contribution in [2.24, 2.45) is 5.92 Å². The molecule has 1 rings (SSSR count). The van der Waals surface area contributed by atoms with Crippen molar-refractivity contribution >= 4 is 5.91 Å². The molecule has 118 valence electrons. The van der Waals surface area contributed by atoms with Gasteiger partial charge in [0, 0.05) is 12.6 Å². The molecule has 0 spiro atoms. The minimum absolute atomic E-state index is 0.0515. The maximum atomic E-state index is 11.9. The van der Waals surface area contributed by atoms with Crippen molar-refractivity contribution in [3.8, 4) is 5.75 Å². The van der Waals surface area contributed by atoms with Crippen LogP contribution in [0, 0.1) is 5.92 Å². The van der Waals surface area contributed by atoms with Crippen LogP contribution in [0.3, 0.4) is 0 Å². The summed E-state index contributed by atoms with van der Waals surface area (Å²) in [6.07, 6.45) is 0.406.